The standard InChI is InChI=1S/C21H27N5O4/c1-2-4-13(5-3-1)9-22-15-10-27-20-16(11-28-19(15)20)26-21(23-24-25-26)14-6-7-17-18(8-14)30-12-29-17/h6-8,13,15-16,19-20,22H,1-5,9-12H2/t15-,16+,19-,20+/m0/s1. The van der Waals surface area contributed by atoms with Crippen LogP contribution in [0.5, 0.6) is 11.5 Å². The molecule has 1 aromatic carbocycles. The van der Waals surface area contributed by atoms with Crippen molar-refractivity contribution in [2.75, 3.05) is 26.6 Å². The van der Waals surface area contributed by atoms with Crippen LogP contribution in [0.2, 0.25) is 0 Å². The van der Waals surface area contributed by atoms with Crippen LogP contribution in [0.3, 0.4) is 0 Å². The molecule has 1 N–H and O–H groups in total. The van der Waals surface area contributed by atoms with E-state index in [4.69, 9.17) is 18.9 Å². The molecule has 9 heteroatoms. The maximum absolute atomic E-state index is 6.18. The van der Waals surface area contributed by atoms with Gasteiger partial charge in [0.1, 0.15) is 18.2 Å². The number of hydrogen-bond donors (Lipinski definition) is 1. The number of tetrazole rings is 1. The van der Waals surface area contributed by atoms with E-state index in [-0.39, 0.29) is 31.1 Å². The van der Waals surface area contributed by atoms with Gasteiger partial charge in [-0.25, -0.2) is 4.68 Å². The van der Waals surface area contributed by atoms with E-state index in [1.807, 2.05) is 22.9 Å². The lowest BCUT2D eigenvalue weighted by molar-refractivity contribution is 0.0620. The first kappa shape index (κ1) is 18.5. The Hall–Kier alpha value is -2.23. The first-order valence-electron chi connectivity index (χ1n) is 11.0. The molecular weight excluding hydrogens is 386 g/mol. The van der Waals surface area contributed by atoms with Crippen LogP contribution in [-0.2, 0) is 9.47 Å². The fraction of sp³-hybridized carbons (Fsp3) is 0.667. The van der Waals surface area contributed by atoms with Crippen LogP contribution in [-0.4, -0.2) is 65.0 Å². The third-order valence-corrected chi connectivity index (χ3v) is 6.86. The molecule has 3 aliphatic heterocycles. The van der Waals surface area contributed by atoms with Gasteiger partial charge in [0.25, 0.3) is 0 Å². The molecule has 6 rings (SSSR count). The van der Waals surface area contributed by atoms with Gasteiger partial charge in [0.05, 0.1) is 19.3 Å². The highest BCUT2D eigenvalue weighted by Crippen LogP contribution is 2.38. The number of benzene rings is 1. The minimum absolute atomic E-state index is 0.0346. The number of aromatic nitrogens is 4. The number of nitrogens with zero attached hydrogens (tertiary/aromatic N) is 4. The zero-order valence-corrected chi connectivity index (χ0v) is 16.9. The van der Waals surface area contributed by atoms with Gasteiger partial charge in [-0.3, -0.25) is 0 Å². The number of hydrogen-bond acceptors (Lipinski definition) is 8. The Balaban J connectivity index is 1.16. The molecule has 1 aromatic heterocycles. The highest BCUT2D eigenvalue weighted by atomic mass is 16.7. The van der Waals surface area contributed by atoms with Gasteiger partial charge in [-0.15, -0.1) is 5.10 Å². The second-order valence-corrected chi connectivity index (χ2v) is 8.70. The van der Waals surface area contributed by atoms with E-state index < -0.39 is 0 Å². The van der Waals surface area contributed by atoms with Crippen LogP contribution in [0.15, 0.2) is 18.2 Å². The van der Waals surface area contributed by atoms with Crippen LogP contribution in [0.1, 0.15) is 38.1 Å². The van der Waals surface area contributed by atoms with E-state index in [1.54, 1.807) is 0 Å². The van der Waals surface area contributed by atoms with Crippen molar-refractivity contribution in [1.29, 1.82) is 0 Å². The second-order valence-electron chi connectivity index (χ2n) is 8.70. The average Bonchev–Trinajstić information content (AvgIpc) is 3.56. The smallest absolute Gasteiger partial charge is 0.231 e. The Morgan fingerprint density at radius 3 is 2.80 bits per heavy atom. The molecule has 0 bridgehead atoms. The van der Waals surface area contributed by atoms with Crippen molar-refractivity contribution in [1.82, 2.24) is 25.5 Å². The molecule has 1 saturated carbocycles. The SMILES string of the molecule is c1cc2c(cc1-c1nnnn1[C@@H]1CO[C@@H]3[C@@H]1OC[C@@H]3NCC1CCCCC1)OCO2. The largest absolute Gasteiger partial charge is 0.454 e. The van der Waals surface area contributed by atoms with Crippen molar-refractivity contribution < 1.29 is 18.9 Å². The molecule has 1 aliphatic carbocycles. The Morgan fingerprint density at radius 1 is 1.00 bits per heavy atom. The average molecular weight is 413 g/mol. The molecule has 2 saturated heterocycles. The van der Waals surface area contributed by atoms with Crippen molar-refractivity contribution >= 4 is 0 Å². The van der Waals surface area contributed by atoms with Gasteiger partial charge >= 0.3 is 0 Å². The summed E-state index contributed by atoms with van der Waals surface area (Å²) in [5.41, 5.74) is 0.887. The lowest BCUT2D eigenvalue weighted by Crippen LogP contribution is -2.43. The summed E-state index contributed by atoms with van der Waals surface area (Å²) in [6.45, 7) is 2.51. The van der Waals surface area contributed by atoms with Gasteiger partial charge in [0, 0.05) is 5.56 Å². The lowest BCUT2D eigenvalue weighted by Gasteiger charge is -2.25. The monoisotopic (exact) mass is 413 g/mol. The molecule has 0 amide bonds. The third kappa shape index (κ3) is 3.25. The van der Waals surface area contributed by atoms with E-state index in [9.17, 15) is 0 Å². The molecule has 4 heterocycles. The Bertz CT molecular complexity index is 899. The zero-order chi connectivity index (χ0) is 19.9. The highest BCUT2D eigenvalue weighted by Gasteiger charge is 2.49. The Labute approximate surface area is 175 Å². The fourth-order valence-electron chi connectivity index (χ4n) is 5.22. The van der Waals surface area contributed by atoms with Crippen molar-refractivity contribution in [3.05, 3.63) is 18.2 Å². The van der Waals surface area contributed by atoms with Crippen molar-refractivity contribution in [2.24, 2.45) is 5.92 Å². The van der Waals surface area contributed by atoms with Crippen molar-refractivity contribution in [3.63, 3.8) is 0 Å². The quantitative estimate of drug-likeness (QED) is 0.795. The molecule has 9 nitrogen and oxygen atoms in total. The molecule has 0 unspecified atom stereocenters. The molecule has 0 spiro atoms. The van der Waals surface area contributed by atoms with Crippen LogP contribution in [0.4, 0.5) is 0 Å². The minimum Gasteiger partial charge on any atom is -0.454 e. The first-order chi connectivity index (χ1) is 14.9. The first-order valence-corrected chi connectivity index (χ1v) is 11.0. The topological polar surface area (TPSA) is 92.6 Å². The molecule has 30 heavy (non-hydrogen) atoms. The summed E-state index contributed by atoms with van der Waals surface area (Å²) in [5.74, 6) is 2.93. The molecule has 4 atom stereocenters. The molecule has 4 aliphatic rings. The molecule has 3 fully saturated rings. The lowest BCUT2D eigenvalue weighted by atomic mass is 9.89. The van der Waals surface area contributed by atoms with E-state index in [0.29, 0.717) is 24.8 Å². The molecular formula is C21H27N5O4. The van der Waals surface area contributed by atoms with Gasteiger partial charge in [-0.05, 0) is 53.9 Å². The Morgan fingerprint density at radius 2 is 1.87 bits per heavy atom. The summed E-state index contributed by atoms with van der Waals surface area (Å²) < 4.78 is 25.1. The van der Waals surface area contributed by atoms with Crippen molar-refractivity contribution in [3.8, 4) is 22.9 Å². The Kier molecular flexibility index (Phi) is 4.81. The van der Waals surface area contributed by atoms with E-state index in [0.717, 1.165) is 23.8 Å². The highest BCUT2D eigenvalue weighted by molar-refractivity contribution is 5.61. The second kappa shape index (κ2) is 7.79. The summed E-state index contributed by atoms with van der Waals surface area (Å²) >= 11 is 0. The van der Waals surface area contributed by atoms with Crippen LogP contribution in [0, 0.1) is 5.92 Å². The maximum Gasteiger partial charge on any atom is 0.231 e. The van der Waals surface area contributed by atoms with Gasteiger partial charge in [0.2, 0.25) is 6.79 Å². The van der Waals surface area contributed by atoms with Gasteiger partial charge in [-0.2, -0.15) is 0 Å². The molecule has 0 radical (unpaired) electrons. The van der Waals surface area contributed by atoms with Gasteiger partial charge in [0.15, 0.2) is 17.3 Å². The van der Waals surface area contributed by atoms with E-state index in [1.165, 1.54) is 32.1 Å². The summed E-state index contributed by atoms with van der Waals surface area (Å²) in [7, 11) is 0. The minimum atomic E-state index is -0.0508. The number of nitrogens with one attached hydrogen (secondary N) is 1. The third-order valence-electron chi connectivity index (χ3n) is 6.86. The maximum atomic E-state index is 6.18. The van der Waals surface area contributed by atoms with E-state index in [2.05, 4.69) is 20.8 Å². The normalized spacial score (nSPS) is 30.7. The number of ether oxygens (including phenoxy) is 4. The predicted octanol–water partition coefficient (Wildman–Crippen LogP) is 1.95. The van der Waals surface area contributed by atoms with Gasteiger partial charge in [-0.1, -0.05) is 19.3 Å². The number of fused-ring (bicyclic) bond motifs is 2. The predicted molar refractivity (Wildman–Crippen MR) is 106 cm³/mol. The molecule has 160 valence electrons. The van der Waals surface area contributed by atoms with Crippen LogP contribution < -0.4 is 14.8 Å². The summed E-state index contributed by atoms with van der Waals surface area (Å²) in [6.07, 6.45) is 6.76. The number of rotatable bonds is 5. The van der Waals surface area contributed by atoms with Crippen molar-refractivity contribution in [2.45, 2.75) is 56.4 Å². The zero-order valence-electron chi connectivity index (χ0n) is 16.9. The van der Waals surface area contributed by atoms with Crippen LogP contribution in [0.25, 0.3) is 11.4 Å². The molecule has 2 aromatic rings. The fourth-order valence-corrected chi connectivity index (χ4v) is 5.22. The summed E-state index contributed by atoms with van der Waals surface area (Å²) in [4.78, 5) is 0. The van der Waals surface area contributed by atoms with Crippen LogP contribution >= 0.6 is 0 Å². The summed E-state index contributed by atoms with van der Waals surface area (Å²) in [5, 5.41) is 16.2. The summed E-state index contributed by atoms with van der Waals surface area (Å²) in [6, 6.07) is 5.94. The van der Waals surface area contributed by atoms with E-state index >= 15 is 0 Å². The van der Waals surface area contributed by atoms with Gasteiger partial charge < -0.3 is 24.3 Å².